The topological polar surface area (TPSA) is 29.1 Å². The fourth-order valence-electron chi connectivity index (χ4n) is 1.61. The van der Waals surface area contributed by atoms with E-state index in [2.05, 4.69) is 33.0 Å². The first-order valence-electron chi connectivity index (χ1n) is 5.78. The third kappa shape index (κ3) is 6.93. The lowest BCUT2D eigenvalue weighted by molar-refractivity contribution is -0.121. The number of carbonyl (C=O) groups is 1. The molecule has 0 aromatic carbocycles. The summed E-state index contributed by atoms with van der Waals surface area (Å²) in [7, 11) is 0. The van der Waals surface area contributed by atoms with Crippen molar-refractivity contribution in [2.75, 3.05) is 6.54 Å². The molecule has 2 nitrogen and oxygen atoms in total. The van der Waals surface area contributed by atoms with Gasteiger partial charge < -0.3 is 5.32 Å². The highest BCUT2D eigenvalue weighted by Gasteiger charge is 2.17. The first kappa shape index (κ1) is 13.5. The van der Waals surface area contributed by atoms with Gasteiger partial charge in [0.05, 0.1) is 0 Å². The van der Waals surface area contributed by atoms with Crippen LogP contribution in [0.5, 0.6) is 0 Å². The highest BCUT2D eigenvalue weighted by atomic mass is 16.1. The van der Waals surface area contributed by atoms with Gasteiger partial charge in [-0.15, -0.1) is 0 Å². The van der Waals surface area contributed by atoms with Crippen LogP contribution < -0.4 is 5.32 Å². The maximum atomic E-state index is 11.3. The van der Waals surface area contributed by atoms with Crippen LogP contribution in [-0.4, -0.2) is 12.5 Å². The summed E-state index contributed by atoms with van der Waals surface area (Å²) >= 11 is 0. The van der Waals surface area contributed by atoms with Gasteiger partial charge in [-0.25, -0.2) is 0 Å². The normalized spacial score (nSPS) is 11.4. The molecule has 0 saturated heterocycles. The summed E-state index contributed by atoms with van der Waals surface area (Å²) < 4.78 is 0. The fourth-order valence-corrected chi connectivity index (χ4v) is 1.61. The van der Waals surface area contributed by atoms with E-state index < -0.39 is 0 Å². The number of amides is 1. The summed E-state index contributed by atoms with van der Waals surface area (Å²) in [6.07, 6.45) is 5.09. The summed E-state index contributed by atoms with van der Waals surface area (Å²) in [5, 5.41) is 2.91. The van der Waals surface area contributed by atoms with Crippen LogP contribution in [0.25, 0.3) is 0 Å². The van der Waals surface area contributed by atoms with Gasteiger partial charge >= 0.3 is 0 Å². The van der Waals surface area contributed by atoms with Crippen molar-refractivity contribution in [3.63, 3.8) is 0 Å². The van der Waals surface area contributed by atoms with E-state index >= 15 is 0 Å². The van der Waals surface area contributed by atoms with Crippen LogP contribution >= 0.6 is 0 Å². The molecular weight excluding hydrogens is 174 g/mol. The molecule has 0 unspecified atom stereocenters. The van der Waals surface area contributed by atoms with Gasteiger partial charge in [0.2, 0.25) is 5.91 Å². The van der Waals surface area contributed by atoms with Crippen molar-refractivity contribution in [1.82, 2.24) is 5.32 Å². The first-order chi connectivity index (χ1) is 6.52. The Morgan fingerprint density at radius 3 is 2.29 bits per heavy atom. The summed E-state index contributed by atoms with van der Waals surface area (Å²) in [6, 6.07) is 0. The number of hydrogen-bond donors (Lipinski definition) is 1. The van der Waals surface area contributed by atoms with Crippen molar-refractivity contribution in [3.8, 4) is 0 Å². The zero-order chi connectivity index (χ0) is 11.0. The van der Waals surface area contributed by atoms with Gasteiger partial charge in [-0.2, -0.15) is 0 Å². The number of nitrogens with one attached hydrogen (secondary N) is 1. The summed E-state index contributed by atoms with van der Waals surface area (Å²) in [5.41, 5.74) is 0.318. The second-order valence-corrected chi connectivity index (χ2v) is 4.76. The maximum absolute atomic E-state index is 11.3. The van der Waals surface area contributed by atoms with Crippen LogP contribution in [0, 0.1) is 5.41 Å². The molecule has 0 aliphatic heterocycles. The van der Waals surface area contributed by atoms with Crippen molar-refractivity contribution < 1.29 is 4.79 Å². The summed E-state index contributed by atoms with van der Waals surface area (Å²) in [6.45, 7) is 9.56. The average molecular weight is 199 g/mol. The van der Waals surface area contributed by atoms with Crippen molar-refractivity contribution in [2.45, 2.75) is 59.8 Å². The molecule has 0 bridgehead atoms. The Kier molecular flexibility index (Phi) is 6.60. The highest BCUT2D eigenvalue weighted by Crippen LogP contribution is 2.27. The third-order valence-electron chi connectivity index (χ3n) is 2.53. The van der Waals surface area contributed by atoms with Gasteiger partial charge in [0.1, 0.15) is 0 Å². The Hall–Kier alpha value is -0.530. The van der Waals surface area contributed by atoms with E-state index in [-0.39, 0.29) is 5.91 Å². The van der Waals surface area contributed by atoms with Crippen molar-refractivity contribution in [2.24, 2.45) is 5.41 Å². The molecule has 1 N–H and O–H groups in total. The van der Waals surface area contributed by atoms with Gasteiger partial charge in [0, 0.05) is 13.0 Å². The van der Waals surface area contributed by atoms with Gasteiger partial charge in [-0.05, 0) is 24.7 Å². The van der Waals surface area contributed by atoms with Gasteiger partial charge in [-0.1, -0.05) is 34.1 Å². The first-order valence-corrected chi connectivity index (χ1v) is 5.78. The van der Waals surface area contributed by atoms with E-state index in [1.165, 1.54) is 12.8 Å². The summed E-state index contributed by atoms with van der Waals surface area (Å²) in [4.78, 5) is 11.3. The Labute approximate surface area is 88.5 Å². The minimum atomic E-state index is 0.205. The smallest absolute Gasteiger partial charge is 0.220 e. The zero-order valence-electron chi connectivity index (χ0n) is 10.2. The van der Waals surface area contributed by atoms with Gasteiger partial charge in [-0.3, -0.25) is 4.79 Å². The molecule has 2 heteroatoms. The van der Waals surface area contributed by atoms with Crippen molar-refractivity contribution in [1.29, 1.82) is 0 Å². The fraction of sp³-hybridized carbons (Fsp3) is 0.917. The number of carbonyl (C=O) groups excluding carboxylic acids is 1. The maximum Gasteiger partial charge on any atom is 0.220 e. The van der Waals surface area contributed by atoms with Crippen LogP contribution in [0.3, 0.4) is 0 Å². The molecule has 0 heterocycles. The third-order valence-corrected chi connectivity index (χ3v) is 2.53. The largest absolute Gasteiger partial charge is 0.356 e. The number of rotatable bonds is 7. The lowest BCUT2D eigenvalue weighted by atomic mass is 9.83. The van der Waals surface area contributed by atoms with Crippen molar-refractivity contribution in [3.05, 3.63) is 0 Å². The lowest BCUT2D eigenvalue weighted by Gasteiger charge is -2.23. The van der Waals surface area contributed by atoms with Gasteiger partial charge in [0.15, 0.2) is 0 Å². The highest BCUT2D eigenvalue weighted by molar-refractivity contribution is 5.75. The van der Waals surface area contributed by atoms with E-state index in [0.717, 1.165) is 19.4 Å². The second-order valence-electron chi connectivity index (χ2n) is 4.76. The van der Waals surface area contributed by atoms with Crippen LogP contribution in [0.15, 0.2) is 0 Å². The molecule has 0 rings (SSSR count). The van der Waals surface area contributed by atoms with E-state index in [9.17, 15) is 4.79 Å². The quantitative estimate of drug-likeness (QED) is 0.670. The molecule has 1 amide bonds. The Morgan fingerprint density at radius 2 is 1.79 bits per heavy atom. The predicted molar refractivity (Wildman–Crippen MR) is 61.2 cm³/mol. The summed E-state index contributed by atoms with van der Waals surface area (Å²) in [5.74, 6) is 0.205. The lowest BCUT2D eigenvalue weighted by Crippen LogP contribution is -2.25. The Morgan fingerprint density at radius 1 is 1.14 bits per heavy atom. The Balaban J connectivity index is 3.64. The zero-order valence-corrected chi connectivity index (χ0v) is 10.2. The van der Waals surface area contributed by atoms with Crippen LogP contribution in [0.4, 0.5) is 0 Å². The molecule has 0 aromatic rings. The van der Waals surface area contributed by atoms with E-state index in [1.54, 1.807) is 0 Å². The molecule has 0 aliphatic rings. The van der Waals surface area contributed by atoms with Crippen LogP contribution in [0.2, 0.25) is 0 Å². The average Bonchev–Trinajstić information content (AvgIpc) is 2.11. The van der Waals surface area contributed by atoms with E-state index in [1.807, 2.05) is 0 Å². The molecule has 0 spiro atoms. The number of hydrogen-bond acceptors (Lipinski definition) is 1. The SMILES string of the molecule is CCCNC(=O)CCC(C)(C)CCC. The molecule has 0 radical (unpaired) electrons. The molecule has 14 heavy (non-hydrogen) atoms. The van der Waals surface area contributed by atoms with Crippen molar-refractivity contribution >= 4 is 5.91 Å². The van der Waals surface area contributed by atoms with E-state index in [0.29, 0.717) is 11.8 Å². The van der Waals surface area contributed by atoms with Crippen LogP contribution in [0.1, 0.15) is 59.8 Å². The second kappa shape index (κ2) is 6.86. The monoisotopic (exact) mass is 199 g/mol. The van der Waals surface area contributed by atoms with E-state index in [4.69, 9.17) is 0 Å². The predicted octanol–water partition coefficient (Wildman–Crippen LogP) is 3.12. The van der Waals surface area contributed by atoms with Crippen LogP contribution in [-0.2, 0) is 4.79 Å². The molecule has 0 atom stereocenters. The molecular formula is C12H25NO. The molecule has 0 aromatic heterocycles. The minimum absolute atomic E-state index is 0.205. The Bertz CT molecular complexity index is 164. The molecule has 84 valence electrons. The van der Waals surface area contributed by atoms with Gasteiger partial charge in [0.25, 0.3) is 0 Å². The molecule has 0 fully saturated rings. The minimum Gasteiger partial charge on any atom is -0.356 e. The molecule has 0 saturated carbocycles. The molecule has 0 aliphatic carbocycles. The standard InChI is InChI=1S/C12H25NO/c1-5-8-12(3,4)9-7-11(14)13-10-6-2/h5-10H2,1-4H3,(H,13,14).